The molecule has 96 valence electrons. The summed E-state index contributed by atoms with van der Waals surface area (Å²) in [5.41, 5.74) is 5.97. The molecule has 0 aliphatic rings. The average molecular weight is 269 g/mol. The summed E-state index contributed by atoms with van der Waals surface area (Å²) in [6, 6.07) is 0. The van der Waals surface area contributed by atoms with Crippen molar-refractivity contribution >= 4 is 15.5 Å². The molecule has 0 spiro atoms. The zero-order valence-corrected chi connectivity index (χ0v) is 10.5. The van der Waals surface area contributed by atoms with Gasteiger partial charge in [-0.1, -0.05) is 0 Å². The van der Waals surface area contributed by atoms with Gasteiger partial charge in [-0.15, -0.1) is 0 Å². The highest BCUT2D eigenvalue weighted by atomic mass is 32.2. The van der Waals surface area contributed by atoms with Crippen LogP contribution < -0.4 is 10.5 Å². The third-order valence-corrected chi connectivity index (χ3v) is 3.29. The second-order valence-electron chi connectivity index (χ2n) is 3.51. The molecule has 0 saturated carbocycles. The van der Waals surface area contributed by atoms with Crippen molar-refractivity contribution in [2.45, 2.75) is 4.90 Å². The van der Waals surface area contributed by atoms with Crippen LogP contribution in [-0.2, 0) is 9.84 Å². The van der Waals surface area contributed by atoms with Gasteiger partial charge in [-0.25, -0.2) is 18.1 Å². The Bertz CT molecular complexity index is 679. The summed E-state index contributed by atoms with van der Waals surface area (Å²) in [6.07, 6.45) is 4.90. The summed E-state index contributed by atoms with van der Waals surface area (Å²) in [6.45, 7) is 0. The predicted molar refractivity (Wildman–Crippen MR) is 63.2 cm³/mol. The topological polar surface area (TPSA) is 113 Å². The molecule has 18 heavy (non-hydrogen) atoms. The summed E-state index contributed by atoms with van der Waals surface area (Å²) in [5, 5.41) is 3.90. The standard InChI is InChI=1S/C9H11N5O3S/c1-17-9-7(10)8(11-5-12-9)14-4-6(3-13-14)18(2,15)16/h3-5H,10H2,1-2H3. The van der Waals surface area contributed by atoms with Crippen molar-refractivity contribution in [1.82, 2.24) is 19.7 Å². The van der Waals surface area contributed by atoms with E-state index in [1.165, 1.54) is 30.5 Å². The fourth-order valence-electron chi connectivity index (χ4n) is 1.33. The molecule has 2 aromatic rings. The van der Waals surface area contributed by atoms with E-state index in [4.69, 9.17) is 10.5 Å². The van der Waals surface area contributed by atoms with E-state index in [2.05, 4.69) is 15.1 Å². The van der Waals surface area contributed by atoms with Crippen LogP contribution in [0.15, 0.2) is 23.6 Å². The summed E-state index contributed by atoms with van der Waals surface area (Å²) >= 11 is 0. The van der Waals surface area contributed by atoms with Gasteiger partial charge in [0.25, 0.3) is 0 Å². The molecule has 2 heterocycles. The summed E-state index contributed by atoms with van der Waals surface area (Å²) in [4.78, 5) is 7.85. The fourth-order valence-corrected chi connectivity index (χ4v) is 1.86. The van der Waals surface area contributed by atoms with Gasteiger partial charge in [-0.2, -0.15) is 10.1 Å². The third-order valence-electron chi connectivity index (χ3n) is 2.22. The summed E-state index contributed by atoms with van der Waals surface area (Å²) in [5.74, 6) is 0.466. The van der Waals surface area contributed by atoms with Gasteiger partial charge in [0.05, 0.1) is 19.5 Å². The molecule has 0 amide bonds. The monoisotopic (exact) mass is 269 g/mol. The molecule has 0 fully saturated rings. The van der Waals surface area contributed by atoms with Crippen LogP contribution in [0.1, 0.15) is 0 Å². The zero-order valence-electron chi connectivity index (χ0n) is 9.73. The lowest BCUT2D eigenvalue weighted by Gasteiger charge is -2.06. The van der Waals surface area contributed by atoms with Crippen LogP contribution in [0.25, 0.3) is 5.82 Å². The van der Waals surface area contributed by atoms with Crippen LogP contribution in [0.3, 0.4) is 0 Å². The second kappa shape index (κ2) is 4.26. The predicted octanol–water partition coefficient (Wildman–Crippen LogP) is -0.343. The molecular formula is C9H11N5O3S. The Labute approximate surface area is 103 Å². The molecule has 0 bridgehead atoms. The molecule has 0 saturated heterocycles. The van der Waals surface area contributed by atoms with Gasteiger partial charge >= 0.3 is 0 Å². The van der Waals surface area contributed by atoms with Gasteiger partial charge in [0.1, 0.15) is 16.9 Å². The second-order valence-corrected chi connectivity index (χ2v) is 5.53. The molecule has 0 unspecified atom stereocenters. The molecule has 2 rings (SSSR count). The Hall–Kier alpha value is -2.16. The summed E-state index contributed by atoms with van der Waals surface area (Å²) < 4.78 is 28.9. The van der Waals surface area contributed by atoms with Crippen molar-refractivity contribution in [3.63, 3.8) is 0 Å². The number of nitrogen functional groups attached to an aromatic ring is 1. The molecular weight excluding hydrogens is 258 g/mol. The minimum absolute atomic E-state index is 0.0829. The van der Waals surface area contributed by atoms with Gasteiger partial charge in [0.15, 0.2) is 15.7 Å². The molecule has 9 heteroatoms. The SMILES string of the molecule is COc1ncnc(-n2cc(S(C)(=O)=O)cn2)c1N. The minimum atomic E-state index is -3.32. The van der Waals surface area contributed by atoms with E-state index in [1.807, 2.05) is 0 Å². The molecule has 0 aliphatic heterocycles. The third kappa shape index (κ3) is 2.12. The first-order valence-corrected chi connectivity index (χ1v) is 6.72. The normalized spacial score (nSPS) is 11.4. The lowest BCUT2D eigenvalue weighted by Crippen LogP contribution is -2.06. The first-order chi connectivity index (χ1) is 8.43. The summed E-state index contributed by atoms with van der Waals surface area (Å²) in [7, 11) is -1.89. The molecule has 2 N–H and O–H groups in total. The maximum Gasteiger partial charge on any atom is 0.242 e. The first-order valence-electron chi connectivity index (χ1n) is 4.83. The first kappa shape index (κ1) is 12.3. The lowest BCUT2D eigenvalue weighted by molar-refractivity contribution is 0.399. The van der Waals surface area contributed by atoms with Crippen molar-refractivity contribution in [1.29, 1.82) is 0 Å². The van der Waals surface area contributed by atoms with E-state index in [1.54, 1.807) is 0 Å². The highest BCUT2D eigenvalue weighted by Gasteiger charge is 2.15. The maximum atomic E-state index is 11.3. The smallest absolute Gasteiger partial charge is 0.242 e. The number of ether oxygens (including phenoxy) is 1. The largest absolute Gasteiger partial charge is 0.479 e. The Balaban J connectivity index is 2.53. The number of aromatic nitrogens is 4. The molecule has 8 nitrogen and oxygen atoms in total. The number of anilines is 1. The fraction of sp³-hybridized carbons (Fsp3) is 0.222. The number of methoxy groups -OCH3 is 1. The van der Waals surface area contributed by atoms with Crippen molar-refractivity contribution in [2.75, 3.05) is 19.1 Å². The van der Waals surface area contributed by atoms with Crippen molar-refractivity contribution in [3.05, 3.63) is 18.7 Å². The van der Waals surface area contributed by atoms with Crippen LogP contribution in [-0.4, -0.2) is 41.5 Å². The molecule has 0 radical (unpaired) electrons. The van der Waals surface area contributed by atoms with Gasteiger partial charge in [0, 0.05) is 6.26 Å². The van der Waals surface area contributed by atoms with Crippen molar-refractivity contribution < 1.29 is 13.2 Å². The minimum Gasteiger partial charge on any atom is -0.479 e. The van der Waals surface area contributed by atoms with Crippen molar-refractivity contribution in [2.24, 2.45) is 0 Å². The number of nitrogens with zero attached hydrogens (tertiary/aromatic N) is 4. The Morgan fingerprint density at radius 1 is 1.39 bits per heavy atom. The van der Waals surface area contributed by atoms with Crippen LogP contribution >= 0.6 is 0 Å². The van der Waals surface area contributed by atoms with Gasteiger partial charge < -0.3 is 10.5 Å². The van der Waals surface area contributed by atoms with Crippen LogP contribution in [0.4, 0.5) is 5.69 Å². The highest BCUT2D eigenvalue weighted by molar-refractivity contribution is 7.90. The Morgan fingerprint density at radius 2 is 2.11 bits per heavy atom. The quantitative estimate of drug-likeness (QED) is 0.810. The van der Waals surface area contributed by atoms with Gasteiger partial charge in [-0.3, -0.25) is 0 Å². The molecule has 0 atom stereocenters. The Kier molecular flexibility index (Phi) is 2.91. The van der Waals surface area contributed by atoms with E-state index in [0.29, 0.717) is 0 Å². The lowest BCUT2D eigenvalue weighted by atomic mass is 10.4. The molecule has 0 aromatic carbocycles. The van der Waals surface area contributed by atoms with Gasteiger partial charge in [0.2, 0.25) is 5.88 Å². The van der Waals surface area contributed by atoms with E-state index >= 15 is 0 Å². The van der Waals surface area contributed by atoms with E-state index < -0.39 is 9.84 Å². The van der Waals surface area contributed by atoms with Crippen LogP contribution in [0.2, 0.25) is 0 Å². The Morgan fingerprint density at radius 3 is 2.67 bits per heavy atom. The number of nitrogens with two attached hydrogens (primary N) is 1. The number of sulfone groups is 1. The van der Waals surface area contributed by atoms with E-state index in [9.17, 15) is 8.42 Å². The number of hydrogen-bond acceptors (Lipinski definition) is 7. The molecule has 0 aliphatic carbocycles. The van der Waals surface area contributed by atoms with E-state index in [-0.39, 0.29) is 22.3 Å². The van der Waals surface area contributed by atoms with Crippen molar-refractivity contribution in [3.8, 4) is 11.7 Å². The van der Waals surface area contributed by atoms with Crippen LogP contribution in [0.5, 0.6) is 5.88 Å². The van der Waals surface area contributed by atoms with E-state index in [0.717, 1.165) is 6.26 Å². The number of rotatable bonds is 3. The maximum absolute atomic E-state index is 11.3. The zero-order chi connectivity index (χ0) is 13.3. The number of hydrogen-bond donors (Lipinski definition) is 1. The molecule has 2 aromatic heterocycles. The highest BCUT2D eigenvalue weighted by Crippen LogP contribution is 2.23. The van der Waals surface area contributed by atoms with Crippen LogP contribution in [0, 0.1) is 0 Å². The average Bonchev–Trinajstić information content (AvgIpc) is 2.78. The van der Waals surface area contributed by atoms with Gasteiger partial charge in [-0.05, 0) is 0 Å².